The first-order valence-electron chi connectivity index (χ1n) is 7.89. The van der Waals surface area contributed by atoms with Gasteiger partial charge in [-0.1, -0.05) is 11.6 Å². The van der Waals surface area contributed by atoms with E-state index in [1.165, 1.54) is 31.5 Å². The van der Waals surface area contributed by atoms with Crippen LogP contribution in [0.2, 0.25) is 5.02 Å². The fourth-order valence-corrected chi connectivity index (χ4v) is 2.46. The van der Waals surface area contributed by atoms with Gasteiger partial charge in [0, 0.05) is 24.0 Å². The number of benzene rings is 2. The van der Waals surface area contributed by atoms with Crippen LogP contribution < -0.4 is 21.7 Å². The summed E-state index contributed by atoms with van der Waals surface area (Å²) in [4.78, 5) is 19.3. The maximum atomic E-state index is 13.3. The molecule has 1 heterocycles. The Bertz CT molecular complexity index is 980. The van der Waals surface area contributed by atoms with Gasteiger partial charge in [0.15, 0.2) is 11.6 Å². The molecule has 27 heavy (non-hydrogen) atoms. The fourth-order valence-electron chi connectivity index (χ4n) is 2.28. The van der Waals surface area contributed by atoms with Crippen LogP contribution >= 0.6 is 11.6 Å². The Balaban J connectivity index is 1.78. The molecule has 9 heteroatoms. The van der Waals surface area contributed by atoms with Gasteiger partial charge in [-0.2, -0.15) is 0 Å². The zero-order valence-corrected chi connectivity index (χ0v) is 15.0. The summed E-state index contributed by atoms with van der Waals surface area (Å²) in [5.41, 5.74) is 8.36. The quantitative estimate of drug-likeness (QED) is 0.521. The van der Waals surface area contributed by atoms with Crippen LogP contribution in [0.1, 0.15) is 6.92 Å². The lowest BCUT2D eigenvalue weighted by atomic mass is 10.2. The molecule has 0 aliphatic carbocycles. The number of carbonyl (C=O) groups excluding carboxylic acids is 1. The number of amides is 1. The molecular weight excluding hydrogens is 371 g/mol. The number of anilines is 6. The number of hydrogen-bond donors (Lipinski definition) is 4. The lowest BCUT2D eigenvalue weighted by Gasteiger charge is -2.13. The summed E-state index contributed by atoms with van der Waals surface area (Å²) >= 11 is 5.79. The molecule has 0 saturated carbocycles. The highest BCUT2D eigenvalue weighted by atomic mass is 35.5. The highest BCUT2D eigenvalue weighted by molar-refractivity contribution is 6.31. The summed E-state index contributed by atoms with van der Waals surface area (Å²) in [6, 6.07) is 11.3. The summed E-state index contributed by atoms with van der Waals surface area (Å²) in [6.07, 6.45) is 1.35. The summed E-state index contributed by atoms with van der Waals surface area (Å²) < 4.78 is 13.3. The molecule has 2 aromatic carbocycles. The second kappa shape index (κ2) is 7.88. The van der Waals surface area contributed by atoms with Crippen molar-refractivity contribution < 1.29 is 9.18 Å². The molecule has 0 spiro atoms. The van der Waals surface area contributed by atoms with Gasteiger partial charge in [-0.25, -0.2) is 14.4 Å². The summed E-state index contributed by atoms with van der Waals surface area (Å²) in [6.45, 7) is 1.44. The molecule has 3 rings (SSSR count). The van der Waals surface area contributed by atoms with E-state index in [0.29, 0.717) is 23.0 Å². The molecule has 0 bridgehead atoms. The average Bonchev–Trinajstić information content (AvgIpc) is 2.63. The molecule has 0 saturated heterocycles. The van der Waals surface area contributed by atoms with E-state index in [4.69, 9.17) is 17.3 Å². The molecule has 138 valence electrons. The van der Waals surface area contributed by atoms with E-state index in [1.54, 1.807) is 24.3 Å². The molecule has 0 aliphatic rings. The van der Waals surface area contributed by atoms with Crippen LogP contribution in [0.5, 0.6) is 0 Å². The predicted octanol–water partition coefficient (Wildman–Crippen LogP) is 4.30. The number of nitrogens with one attached hydrogen (secondary N) is 3. The minimum Gasteiger partial charge on any atom is -0.393 e. The van der Waals surface area contributed by atoms with Crippen LogP contribution in [0.4, 0.5) is 38.8 Å². The maximum absolute atomic E-state index is 13.3. The van der Waals surface area contributed by atoms with E-state index in [-0.39, 0.29) is 16.6 Å². The first-order chi connectivity index (χ1) is 12.9. The highest BCUT2D eigenvalue weighted by Crippen LogP contribution is 2.29. The molecule has 5 N–H and O–H groups in total. The summed E-state index contributed by atoms with van der Waals surface area (Å²) in [5, 5.41) is 8.75. The van der Waals surface area contributed by atoms with Gasteiger partial charge in [-0.3, -0.25) is 4.79 Å². The molecule has 0 fully saturated rings. The van der Waals surface area contributed by atoms with Gasteiger partial charge in [0.1, 0.15) is 17.8 Å². The Hall–Kier alpha value is -3.39. The number of rotatable bonds is 5. The normalized spacial score (nSPS) is 10.3. The number of hydrogen-bond acceptors (Lipinski definition) is 6. The Labute approximate surface area is 159 Å². The van der Waals surface area contributed by atoms with E-state index in [1.807, 2.05) is 0 Å². The number of nitrogens with two attached hydrogens (primary N) is 1. The molecule has 0 unspecified atom stereocenters. The second-order valence-electron chi connectivity index (χ2n) is 5.62. The van der Waals surface area contributed by atoms with Crippen LogP contribution in [0.15, 0.2) is 48.8 Å². The molecule has 1 amide bonds. The zero-order valence-electron chi connectivity index (χ0n) is 14.3. The van der Waals surface area contributed by atoms with Crippen molar-refractivity contribution in [2.24, 2.45) is 0 Å². The van der Waals surface area contributed by atoms with Gasteiger partial charge in [-0.15, -0.1) is 0 Å². The third-order valence-electron chi connectivity index (χ3n) is 3.53. The van der Waals surface area contributed by atoms with E-state index >= 15 is 0 Å². The van der Waals surface area contributed by atoms with Crippen LogP contribution in [0.3, 0.4) is 0 Å². The lowest BCUT2D eigenvalue weighted by molar-refractivity contribution is -0.114. The first kappa shape index (κ1) is 18.4. The standard InChI is InChI=1S/C18H16ClFN6O/c1-10(27)24-11-2-4-12(5-3-11)25-17-16(21)18(23-9-22-17)26-13-6-7-15(20)14(19)8-13/h2-9H,21H2,1H3,(H,24,27)(H2,22,23,25,26). The number of halogens is 2. The molecule has 0 aliphatic heterocycles. The van der Waals surface area contributed by atoms with Gasteiger partial charge < -0.3 is 21.7 Å². The molecule has 0 atom stereocenters. The minimum atomic E-state index is -0.511. The van der Waals surface area contributed by atoms with Gasteiger partial charge >= 0.3 is 0 Å². The van der Waals surface area contributed by atoms with Crippen LogP contribution in [0.25, 0.3) is 0 Å². The van der Waals surface area contributed by atoms with E-state index in [9.17, 15) is 9.18 Å². The van der Waals surface area contributed by atoms with Gasteiger partial charge in [-0.05, 0) is 42.5 Å². The SMILES string of the molecule is CC(=O)Nc1ccc(Nc2ncnc(Nc3ccc(F)c(Cl)c3)c2N)cc1. The van der Waals surface area contributed by atoms with Gasteiger partial charge in [0.2, 0.25) is 5.91 Å². The number of carbonyl (C=O) groups is 1. The van der Waals surface area contributed by atoms with Crippen LogP contribution in [-0.4, -0.2) is 15.9 Å². The first-order valence-corrected chi connectivity index (χ1v) is 8.27. The van der Waals surface area contributed by atoms with E-state index in [2.05, 4.69) is 25.9 Å². The summed E-state index contributed by atoms with van der Waals surface area (Å²) in [5.74, 6) is 0.0911. The molecule has 1 aromatic heterocycles. The van der Waals surface area contributed by atoms with Crippen molar-refractivity contribution in [3.63, 3.8) is 0 Å². The highest BCUT2D eigenvalue weighted by Gasteiger charge is 2.10. The second-order valence-corrected chi connectivity index (χ2v) is 6.03. The van der Waals surface area contributed by atoms with Crippen molar-refractivity contribution in [1.82, 2.24) is 9.97 Å². The van der Waals surface area contributed by atoms with Gasteiger partial charge in [0.25, 0.3) is 0 Å². The van der Waals surface area contributed by atoms with Crippen LogP contribution in [-0.2, 0) is 4.79 Å². The monoisotopic (exact) mass is 386 g/mol. The third-order valence-corrected chi connectivity index (χ3v) is 3.82. The molecule has 7 nitrogen and oxygen atoms in total. The lowest BCUT2D eigenvalue weighted by Crippen LogP contribution is -2.06. The number of nitrogen functional groups attached to an aromatic ring is 1. The van der Waals surface area contributed by atoms with E-state index < -0.39 is 5.82 Å². The minimum absolute atomic E-state index is 0.00904. The van der Waals surface area contributed by atoms with Gasteiger partial charge in [0.05, 0.1) is 5.02 Å². The van der Waals surface area contributed by atoms with Crippen molar-refractivity contribution in [3.05, 3.63) is 59.6 Å². The van der Waals surface area contributed by atoms with Crippen molar-refractivity contribution in [3.8, 4) is 0 Å². The Morgan fingerprint density at radius 3 is 2.15 bits per heavy atom. The van der Waals surface area contributed by atoms with E-state index in [0.717, 1.165) is 5.69 Å². The molecule has 0 radical (unpaired) electrons. The largest absolute Gasteiger partial charge is 0.393 e. The predicted molar refractivity (Wildman–Crippen MR) is 105 cm³/mol. The zero-order chi connectivity index (χ0) is 19.4. The average molecular weight is 387 g/mol. The molecular formula is C18H16ClFN6O. The van der Waals surface area contributed by atoms with Crippen molar-refractivity contribution >= 4 is 51.9 Å². The summed E-state index contributed by atoms with van der Waals surface area (Å²) in [7, 11) is 0. The van der Waals surface area contributed by atoms with Crippen LogP contribution in [0, 0.1) is 5.82 Å². The number of aromatic nitrogens is 2. The Morgan fingerprint density at radius 1 is 1.00 bits per heavy atom. The Kier molecular flexibility index (Phi) is 5.37. The topological polar surface area (TPSA) is 105 Å². The molecule has 3 aromatic rings. The Morgan fingerprint density at radius 2 is 1.56 bits per heavy atom. The maximum Gasteiger partial charge on any atom is 0.221 e. The van der Waals surface area contributed by atoms with Crippen molar-refractivity contribution in [2.45, 2.75) is 6.92 Å². The number of nitrogens with zero attached hydrogens (tertiary/aromatic N) is 2. The third kappa shape index (κ3) is 4.62. The van der Waals surface area contributed by atoms with Crippen molar-refractivity contribution in [1.29, 1.82) is 0 Å². The fraction of sp³-hybridized carbons (Fsp3) is 0.0556. The van der Waals surface area contributed by atoms with Crippen molar-refractivity contribution in [2.75, 3.05) is 21.7 Å². The smallest absolute Gasteiger partial charge is 0.221 e.